The van der Waals surface area contributed by atoms with Gasteiger partial charge in [-0.1, -0.05) is 0 Å². The zero-order valence-electron chi connectivity index (χ0n) is 13.3. The monoisotopic (exact) mass is 332 g/mol. The Morgan fingerprint density at radius 3 is 2.92 bits per heavy atom. The molecular weight excluding hydrogens is 312 g/mol. The molecule has 1 N–H and O–H groups in total. The second kappa shape index (κ2) is 8.42. The molecule has 0 unspecified atom stereocenters. The van der Waals surface area contributed by atoms with Crippen LogP contribution in [-0.2, 0) is 16.0 Å². The van der Waals surface area contributed by atoms with E-state index in [1.54, 1.807) is 30.8 Å². The molecule has 1 amide bonds. The van der Waals surface area contributed by atoms with Gasteiger partial charge in [-0.25, -0.2) is 9.78 Å². The second-order valence-electron chi connectivity index (χ2n) is 5.27. The number of carbonyl (C=O) groups excluding carboxylic acids is 1. The maximum absolute atomic E-state index is 11.8. The van der Waals surface area contributed by atoms with Crippen molar-refractivity contribution in [2.45, 2.75) is 6.54 Å². The Morgan fingerprint density at radius 1 is 1.29 bits per heavy atom. The van der Waals surface area contributed by atoms with Crippen LogP contribution in [0, 0.1) is 0 Å². The van der Waals surface area contributed by atoms with Crippen LogP contribution in [0.4, 0.5) is 4.79 Å². The van der Waals surface area contributed by atoms with Crippen molar-refractivity contribution in [3.8, 4) is 11.5 Å². The van der Waals surface area contributed by atoms with Crippen molar-refractivity contribution in [3.05, 3.63) is 36.5 Å². The molecule has 128 valence electrons. The van der Waals surface area contributed by atoms with Gasteiger partial charge in [-0.15, -0.1) is 0 Å². The molecule has 1 aliphatic heterocycles. The Hall–Kier alpha value is -2.45. The molecule has 3 heterocycles. The number of hydrogen-bond donors (Lipinski definition) is 1. The number of aromatic nitrogens is 2. The maximum atomic E-state index is 11.8. The minimum absolute atomic E-state index is 0.222. The molecule has 2 aromatic heterocycles. The van der Waals surface area contributed by atoms with Gasteiger partial charge in [0.25, 0.3) is 0 Å². The number of alkyl carbamates (subject to hydrolysis) is 1. The van der Waals surface area contributed by atoms with Gasteiger partial charge in [0.2, 0.25) is 0 Å². The summed E-state index contributed by atoms with van der Waals surface area (Å²) < 4.78 is 15.8. The lowest BCUT2D eigenvalue weighted by Gasteiger charge is -2.26. The Morgan fingerprint density at radius 2 is 2.12 bits per heavy atom. The predicted octanol–water partition coefficient (Wildman–Crippen LogP) is 1.29. The minimum atomic E-state index is -0.473. The fraction of sp³-hybridized carbons (Fsp3) is 0.438. The molecule has 0 saturated carbocycles. The Balaban J connectivity index is 1.45. The summed E-state index contributed by atoms with van der Waals surface area (Å²) >= 11 is 0. The number of morpholine rings is 1. The number of nitrogens with zero attached hydrogens (tertiary/aromatic N) is 3. The summed E-state index contributed by atoms with van der Waals surface area (Å²) in [4.78, 5) is 22.5. The topological polar surface area (TPSA) is 89.7 Å². The van der Waals surface area contributed by atoms with Crippen molar-refractivity contribution >= 4 is 6.09 Å². The first-order valence-electron chi connectivity index (χ1n) is 7.87. The van der Waals surface area contributed by atoms with Crippen molar-refractivity contribution in [3.63, 3.8) is 0 Å². The van der Waals surface area contributed by atoms with Crippen molar-refractivity contribution in [1.29, 1.82) is 0 Å². The van der Waals surface area contributed by atoms with E-state index in [-0.39, 0.29) is 6.54 Å². The lowest BCUT2D eigenvalue weighted by Crippen LogP contribution is -2.39. The van der Waals surface area contributed by atoms with Crippen molar-refractivity contribution in [1.82, 2.24) is 20.2 Å². The molecule has 0 radical (unpaired) electrons. The van der Waals surface area contributed by atoms with Crippen LogP contribution in [0.1, 0.15) is 5.69 Å². The molecule has 0 aromatic carbocycles. The maximum Gasteiger partial charge on any atom is 0.407 e. The SMILES string of the molecule is O=C(NCc1nccnc1-c1ccco1)OCCN1CCOCC1. The van der Waals surface area contributed by atoms with E-state index in [1.807, 2.05) is 0 Å². The fourth-order valence-corrected chi connectivity index (χ4v) is 2.41. The molecule has 8 heteroatoms. The van der Waals surface area contributed by atoms with Gasteiger partial charge in [-0.3, -0.25) is 9.88 Å². The number of rotatable bonds is 6. The summed E-state index contributed by atoms with van der Waals surface area (Å²) in [6.45, 7) is 4.48. The standard InChI is InChI=1S/C16H20N4O4/c21-16(24-11-7-20-5-9-22-10-6-20)19-12-13-15(18-4-3-17-13)14-2-1-8-23-14/h1-4,8H,5-7,9-12H2,(H,19,21). The van der Waals surface area contributed by atoms with Crippen LogP contribution in [0.25, 0.3) is 11.5 Å². The van der Waals surface area contributed by atoms with E-state index in [0.29, 0.717) is 30.3 Å². The molecule has 1 fully saturated rings. The highest BCUT2D eigenvalue weighted by atomic mass is 16.5. The zero-order valence-corrected chi connectivity index (χ0v) is 13.3. The minimum Gasteiger partial charge on any atom is -0.463 e. The highest BCUT2D eigenvalue weighted by Gasteiger charge is 2.13. The summed E-state index contributed by atoms with van der Waals surface area (Å²) in [6.07, 6.45) is 4.26. The highest BCUT2D eigenvalue weighted by molar-refractivity contribution is 5.67. The number of hydrogen-bond acceptors (Lipinski definition) is 7. The summed E-state index contributed by atoms with van der Waals surface area (Å²) in [5.74, 6) is 0.612. The normalized spacial score (nSPS) is 15.2. The molecular formula is C16H20N4O4. The number of carbonyl (C=O) groups is 1. The third-order valence-electron chi connectivity index (χ3n) is 3.67. The summed E-state index contributed by atoms with van der Waals surface area (Å²) in [6, 6.07) is 3.58. The fourth-order valence-electron chi connectivity index (χ4n) is 2.41. The molecule has 1 saturated heterocycles. The third kappa shape index (κ3) is 4.53. The molecule has 24 heavy (non-hydrogen) atoms. The van der Waals surface area contributed by atoms with Crippen LogP contribution < -0.4 is 5.32 Å². The number of amides is 1. The number of ether oxygens (including phenoxy) is 2. The summed E-state index contributed by atoms with van der Waals surface area (Å²) in [7, 11) is 0. The summed E-state index contributed by atoms with van der Waals surface area (Å²) in [5, 5.41) is 2.69. The molecule has 0 bridgehead atoms. The van der Waals surface area contributed by atoms with Crippen LogP contribution in [0.3, 0.4) is 0 Å². The molecule has 0 aliphatic carbocycles. The predicted molar refractivity (Wildman–Crippen MR) is 85.2 cm³/mol. The van der Waals surface area contributed by atoms with Gasteiger partial charge in [-0.05, 0) is 12.1 Å². The smallest absolute Gasteiger partial charge is 0.407 e. The lowest BCUT2D eigenvalue weighted by molar-refractivity contribution is 0.0281. The largest absolute Gasteiger partial charge is 0.463 e. The first kappa shape index (κ1) is 16.4. The first-order valence-corrected chi connectivity index (χ1v) is 7.87. The van der Waals surface area contributed by atoms with Gasteiger partial charge >= 0.3 is 6.09 Å². The van der Waals surface area contributed by atoms with Gasteiger partial charge in [0.05, 0.1) is 31.7 Å². The van der Waals surface area contributed by atoms with Crippen LogP contribution in [0.5, 0.6) is 0 Å². The Labute approximate surface area is 139 Å². The van der Waals surface area contributed by atoms with Gasteiger partial charge in [-0.2, -0.15) is 0 Å². The molecule has 0 spiro atoms. The zero-order chi connectivity index (χ0) is 16.6. The van der Waals surface area contributed by atoms with E-state index >= 15 is 0 Å². The van der Waals surface area contributed by atoms with Crippen LogP contribution in [-0.4, -0.2) is 60.4 Å². The van der Waals surface area contributed by atoms with Crippen molar-refractivity contribution < 1.29 is 18.7 Å². The van der Waals surface area contributed by atoms with Crippen LogP contribution >= 0.6 is 0 Å². The Bertz CT molecular complexity index is 641. The van der Waals surface area contributed by atoms with Crippen molar-refractivity contribution in [2.75, 3.05) is 39.5 Å². The Kier molecular flexibility index (Phi) is 5.75. The van der Waals surface area contributed by atoms with Crippen LogP contribution in [0.15, 0.2) is 35.2 Å². The van der Waals surface area contributed by atoms with Crippen LogP contribution in [0.2, 0.25) is 0 Å². The molecule has 0 atom stereocenters. The van der Waals surface area contributed by atoms with Gasteiger partial charge < -0.3 is 19.2 Å². The average molecular weight is 332 g/mol. The van der Waals surface area contributed by atoms with E-state index in [9.17, 15) is 4.79 Å². The summed E-state index contributed by atoms with van der Waals surface area (Å²) in [5.41, 5.74) is 1.23. The van der Waals surface area contributed by atoms with E-state index in [0.717, 1.165) is 26.3 Å². The first-order chi connectivity index (χ1) is 11.8. The third-order valence-corrected chi connectivity index (χ3v) is 3.67. The van der Waals surface area contributed by atoms with Gasteiger partial charge in [0.15, 0.2) is 5.76 Å². The van der Waals surface area contributed by atoms with E-state index in [1.165, 1.54) is 0 Å². The van der Waals surface area contributed by atoms with E-state index < -0.39 is 6.09 Å². The van der Waals surface area contributed by atoms with E-state index in [2.05, 4.69) is 20.2 Å². The van der Waals surface area contributed by atoms with Gasteiger partial charge in [0, 0.05) is 32.0 Å². The average Bonchev–Trinajstić information content (AvgIpc) is 3.16. The second-order valence-corrected chi connectivity index (χ2v) is 5.27. The number of furan rings is 1. The number of nitrogens with one attached hydrogen (secondary N) is 1. The highest BCUT2D eigenvalue weighted by Crippen LogP contribution is 2.19. The van der Waals surface area contributed by atoms with E-state index in [4.69, 9.17) is 13.9 Å². The lowest BCUT2D eigenvalue weighted by atomic mass is 10.2. The molecule has 8 nitrogen and oxygen atoms in total. The quantitative estimate of drug-likeness (QED) is 0.852. The van der Waals surface area contributed by atoms with Crippen molar-refractivity contribution in [2.24, 2.45) is 0 Å². The molecule has 3 rings (SSSR count). The molecule has 1 aliphatic rings. The van der Waals surface area contributed by atoms with Gasteiger partial charge in [0.1, 0.15) is 12.3 Å². The molecule has 2 aromatic rings.